The lowest BCUT2D eigenvalue weighted by Gasteiger charge is -2.28. The third-order valence-corrected chi connectivity index (χ3v) is 4.66. The Hall–Kier alpha value is -2.51. The summed E-state index contributed by atoms with van der Waals surface area (Å²) >= 11 is 6.13. The number of aromatic hydroxyl groups is 1. The number of rotatable bonds is 2. The Morgan fingerprint density at radius 1 is 1.28 bits per heavy atom. The number of nitrogens with one attached hydrogen (secondary N) is 1. The average Bonchev–Trinajstić information content (AvgIpc) is 2.51. The molecule has 0 bridgehead atoms. The van der Waals surface area contributed by atoms with Crippen LogP contribution >= 0.6 is 11.6 Å². The first-order chi connectivity index (χ1) is 12.0. The molecular formula is C17H12ClF2N3O2. The highest BCUT2D eigenvalue weighted by Gasteiger charge is 2.25. The van der Waals surface area contributed by atoms with Gasteiger partial charge in [0.25, 0.3) is 5.56 Å². The number of hydrogen-bond acceptors (Lipinski definition) is 4. The lowest BCUT2D eigenvalue weighted by molar-refractivity contribution is 0.334. The van der Waals surface area contributed by atoms with E-state index in [1.807, 2.05) is 0 Å². The minimum absolute atomic E-state index is 0.0106. The molecule has 0 atom stereocenters. The standard InChI is InChI=1S/C17H12ClF2N3O2/c18-10-4-9-16(22-7-23(17(9)25)8-5-21-6-8)15(20)13(10)14-11(19)2-1-3-12(14)24/h1-4,7-8,21,24H,5-6H2. The van der Waals surface area contributed by atoms with E-state index < -0.39 is 22.9 Å². The molecule has 2 heterocycles. The van der Waals surface area contributed by atoms with Crippen LogP contribution in [-0.2, 0) is 0 Å². The second-order valence-electron chi connectivity index (χ2n) is 5.85. The van der Waals surface area contributed by atoms with E-state index in [4.69, 9.17) is 11.6 Å². The van der Waals surface area contributed by atoms with Gasteiger partial charge in [-0.05, 0) is 18.2 Å². The minimum atomic E-state index is -0.945. The van der Waals surface area contributed by atoms with Crippen molar-refractivity contribution in [1.82, 2.24) is 14.9 Å². The minimum Gasteiger partial charge on any atom is -0.507 e. The van der Waals surface area contributed by atoms with Crippen molar-refractivity contribution in [2.24, 2.45) is 0 Å². The van der Waals surface area contributed by atoms with Crippen LogP contribution in [0.2, 0.25) is 5.02 Å². The highest BCUT2D eigenvalue weighted by Crippen LogP contribution is 2.40. The largest absolute Gasteiger partial charge is 0.507 e. The highest BCUT2D eigenvalue weighted by molar-refractivity contribution is 6.34. The highest BCUT2D eigenvalue weighted by atomic mass is 35.5. The van der Waals surface area contributed by atoms with Crippen LogP contribution in [0.5, 0.6) is 5.75 Å². The molecule has 2 N–H and O–H groups in total. The van der Waals surface area contributed by atoms with E-state index in [0.29, 0.717) is 13.1 Å². The van der Waals surface area contributed by atoms with E-state index in [-0.39, 0.29) is 33.1 Å². The maximum absolute atomic E-state index is 15.0. The van der Waals surface area contributed by atoms with Crippen LogP contribution in [0, 0.1) is 11.6 Å². The summed E-state index contributed by atoms with van der Waals surface area (Å²) in [5.41, 5.74) is -1.31. The molecule has 5 nitrogen and oxygen atoms in total. The number of hydrogen-bond donors (Lipinski definition) is 2. The molecule has 0 spiro atoms. The van der Waals surface area contributed by atoms with Crippen molar-refractivity contribution < 1.29 is 13.9 Å². The molecule has 0 aliphatic carbocycles. The van der Waals surface area contributed by atoms with Crippen LogP contribution in [0.4, 0.5) is 8.78 Å². The van der Waals surface area contributed by atoms with E-state index in [9.17, 15) is 18.7 Å². The number of nitrogens with zero attached hydrogens (tertiary/aromatic N) is 2. The summed E-state index contributed by atoms with van der Waals surface area (Å²) in [6.45, 7) is 1.26. The monoisotopic (exact) mass is 363 g/mol. The van der Waals surface area contributed by atoms with Crippen molar-refractivity contribution in [1.29, 1.82) is 0 Å². The summed E-state index contributed by atoms with van der Waals surface area (Å²) in [4.78, 5) is 16.6. The van der Waals surface area contributed by atoms with Crippen molar-refractivity contribution >= 4 is 22.5 Å². The fourth-order valence-corrected chi connectivity index (χ4v) is 3.22. The van der Waals surface area contributed by atoms with Gasteiger partial charge in [-0.1, -0.05) is 17.7 Å². The molecule has 1 aliphatic rings. The lowest BCUT2D eigenvalue weighted by atomic mass is 10.0. The fourth-order valence-electron chi connectivity index (χ4n) is 2.93. The summed E-state index contributed by atoms with van der Waals surface area (Å²) in [6, 6.07) is 4.84. The van der Waals surface area contributed by atoms with Gasteiger partial charge in [0.2, 0.25) is 0 Å². The summed E-state index contributed by atoms with van der Waals surface area (Å²) in [7, 11) is 0. The average molecular weight is 364 g/mol. The molecule has 128 valence electrons. The van der Waals surface area contributed by atoms with Gasteiger partial charge in [-0.2, -0.15) is 0 Å². The van der Waals surface area contributed by atoms with Gasteiger partial charge in [0.1, 0.15) is 17.1 Å². The normalized spacial score (nSPS) is 14.7. The van der Waals surface area contributed by atoms with Crippen LogP contribution in [0.1, 0.15) is 6.04 Å². The molecule has 3 aromatic rings. The molecule has 8 heteroatoms. The van der Waals surface area contributed by atoms with Crippen molar-refractivity contribution in [2.45, 2.75) is 6.04 Å². The first-order valence-electron chi connectivity index (χ1n) is 7.56. The Morgan fingerprint density at radius 3 is 2.68 bits per heavy atom. The van der Waals surface area contributed by atoms with E-state index in [1.165, 1.54) is 29.1 Å². The van der Waals surface area contributed by atoms with Crippen molar-refractivity contribution in [3.05, 3.63) is 57.6 Å². The zero-order chi connectivity index (χ0) is 17.7. The molecule has 1 fully saturated rings. The second kappa shape index (κ2) is 5.79. The third kappa shape index (κ3) is 2.39. The van der Waals surface area contributed by atoms with Gasteiger partial charge in [-0.3, -0.25) is 9.36 Å². The molecule has 0 saturated carbocycles. The summed E-state index contributed by atoms with van der Waals surface area (Å²) in [5.74, 6) is -2.22. The van der Waals surface area contributed by atoms with Crippen LogP contribution in [0.3, 0.4) is 0 Å². The topological polar surface area (TPSA) is 67.1 Å². The number of fused-ring (bicyclic) bond motifs is 1. The molecule has 0 radical (unpaired) electrons. The molecule has 25 heavy (non-hydrogen) atoms. The summed E-state index contributed by atoms with van der Waals surface area (Å²) in [6.07, 6.45) is 1.28. The first-order valence-corrected chi connectivity index (χ1v) is 7.94. The molecule has 0 unspecified atom stereocenters. The van der Waals surface area contributed by atoms with Crippen molar-refractivity contribution in [3.8, 4) is 16.9 Å². The smallest absolute Gasteiger partial charge is 0.261 e. The van der Waals surface area contributed by atoms with Crippen LogP contribution < -0.4 is 10.9 Å². The third-order valence-electron chi connectivity index (χ3n) is 4.36. The molecule has 0 amide bonds. The molecule has 1 aromatic heterocycles. The maximum Gasteiger partial charge on any atom is 0.261 e. The second-order valence-corrected chi connectivity index (χ2v) is 6.25. The predicted molar refractivity (Wildman–Crippen MR) is 89.9 cm³/mol. The quantitative estimate of drug-likeness (QED) is 0.734. The fraction of sp³-hybridized carbons (Fsp3) is 0.176. The van der Waals surface area contributed by atoms with E-state index in [0.717, 1.165) is 6.07 Å². The first kappa shape index (κ1) is 16.0. The zero-order valence-corrected chi connectivity index (χ0v) is 13.5. The lowest BCUT2D eigenvalue weighted by Crippen LogP contribution is -2.46. The molecule has 1 saturated heterocycles. The van der Waals surface area contributed by atoms with Crippen LogP contribution in [-0.4, -0.2) is 27.7 Å². The van der Waals surface area contributed by atoms with Gasteiger partial charge in [-0.25, -0.2) is 13.8 Å². The van der Waals surface area contributed by atoms with Gasteiger partial charge in [-0.15, -0.1) is 0 Å². The van der Waals surface area contributed by atoms with Crippen LogP contribution in [0.15, 0.2) is 35.4 Å². The maximum atomic E-state index is 15.0. The van der Waals surface area contributed by atoms with E-state index >= 15 is 0 Å². The Labute approximate surface area is 145 Å². The molecular weight excluding hydrogens is 352 g/mol. The Morgan fingerprint density at radius 2 is 2.04 bits per heavy atom. The molecule has 4 rings (SSSR count). The van der Waals surface area contributed by atoms with E-state index in [2.05, 4.69) is 10.3 Å². The zero-order valence-electron chi connectivity index (χ0n) is 12.8. The van der Waals surface area contributed by atoms with Crippen molar-refractivity contribution in [2.75, 3.05) is 13.1 Å². The number of benzene rings is 2. The number of phenols is 1. The van der Waals surface area contributed by atoms with Gasteiger partial charge < -0.3 is 10.4 Å². The van der Waals surface area contributed by atoms with Crippen LogP contribution in [0.25, 0.3) is 22.0 Å². The Kier molecular flexibility index (Phi) is 3.70. The molecule has 1 aliphatic heterocycles. The molecule has 2 aromatic carbocycles. The van der Waals surface area contributed by atoms with Gasteiger partial charge in [0.05, 0.1) is 28.3 Å². The summed E-state index contributed by atoms with van der Waals surface area (Å²) in [5, 5.41) is 12.8. The number of halogens is 3. The summed E-state index contributed by atoms with van der Waals surface area (Å²) < 4.78 is 30.5. The predicted octanol–water partition coefficient (Wildman–Crippen LogP) is 2.85. The van der Waals surface area contributed by atoms with Gasteiger partial charge in [0.15, 0.2) is 5.82 Å². The number of phenolic OH excluding ortho intramolecular Hbond substituents is 1. The van der Waals surface area contributed by atoms with E-state index in [1.54, 1.807) is 0 Å². The SMILES string of the molecule is O=c1c2cc(Cl)c(-c3c(O)cccc3F)c(F)c2ncn1C1CNC1. The Balaban J connectivity index is 2.01. The number of aromatic nitrogens is 2. The van der Waals surface area contributed by atoms with Gasteiger partial charge in [0, 0.05) is 18.7 Å². The Bertz CT molecular complexity index is 1040. The van der Waals surface area contributed by atoms with Crippen molar-refractivity contribution in [3.63, 3.8) is 0 Å². The van der Waals surface area contributed by atoms with Gasteiger partial charge >= 0.3 is 0 Å².